The van der Waals surface area contributed by atoms with Crippen LogP contribution in [-0.2, 0) is 10.2 Å². The first kappa shape index (κ1) is 25.8. The normalized spacial score (nSPS) is 23.9. The number of amides is 1. The minimum absolute atomic E-state index is 0.254. The number of rotatable bonds is 4. The van der Waals surface area contributed by atoms with E-state index in [1.165, 1.54) is 0 Å². The van der Waals surface area contributed by atoms with Crippen LogP contribution in [0.2, 0.25) is 10.0 Å². The zero-order valence-corrected chi connectivity index (χ0v) is 23.5. The molecule has 1 spiro atoms. The van der Waals surface area contributed by atoms with E-state index >= 15 is 0 Å². The number of anilines is 2. The van der Waals surface area contributed by atoms with Crippen LogP contribution in [0.4, 0.5) is 11.4 Å². The number of ketones is 2. The Balaban J connectivity index is 1.55. The maximum atomic E-state index is 14.8. The predicted molar refractivity (Wildman–Crippen MR) is 162 cm³/mol. The summed E-state index contributed by atoms with van der Waals surface area (Å²) in [5, 5.41) is 4.05. The van der Waals surface area contributed by atoms with Crippen molar-refractivity contribution in [3.63, 3.8) is 0 Å². The number of carbonyl (C=O) groups is 3. The molecule has 1 N–H and O–H groups in total. The fourth-order valence-electron chi connectivity index (χ4n) is 6.97. The monoisotopic (exact) mass is 578 g/mol. The second-order valence-corrected chi connectivity index (χ2v) is 11.6. The van der Waals surface area contributed by atoms with Crippen LogP contribution < -0.4 is 10.2 Å². The number of nitrogens with one attached hydrogen (secondary N) is 1. The number of halogens is 2. The number of hydrogen-bond acceptors (Lipinski definition) is 4. The smallest absolute Gasteiger partial charge is 0.238 e. The fourth-order valence-corrected chi connectivity index (χ4v) is 7.22. The van der Waals surface area contributed by atoms with Crippen molar-refractivity contribution >= 4 is 57.6 Å². The summed E-state index contributed by atoms with van der Waals surface area (Å²) in [7, 11) is 0. The van der Waals surface area contributed by atoms with Gasteiger partial charge in [-0.3, -0.25) is 14.4 Å². The highest BCUT2D eigenvalue weighted by Gasteiger charge is 2.70. The van der Waals surface area contributed by atoms with Crippen molar-refractivity contribution < 1.29 is 14.4 Å². The molecule has 5 nitrogen and oxygen atoms in total. The van der Waals surface area contributed by atoms with Crippen LogP contribution in [0, 0.1) is 5.92 Å². The Kier molecular flexibility index (Phi) is 5.93. The van der Waals surface area contributed by atoms with Gasteiger partial charge in [-0.15, -0.1) is 0 Å². The van der Waals surface area contributed by atoms with Crippen molar-refractivity contribution in [2.45, 2.75) is 24.4 Å². The number of allylic oxidation sites excluding steroid dienone is 1. The lowest BCUT2D eigenvalue weighted by Gasteiger charge is -2.39. The molecule has 3 heterocycles. The lowest BCUT2D eigenvalue weighted by atomic mass is 9.64. The van der Waals surface area contributed by atoms with Gasteiger partial charge in [0, 0.05) is 38.1 Å². The van der Waals surface area contributed by atoms with E-state index in [1.807, 2.05) is 66.4 Å². The Morgan fingerprint density at radius 1 is 0.780 bits per heavy atom. The highest BCUT2D eigenvalue weighted by Crippen LogP contribution is 2.58. The molecule has 1 saturated heterocycles. The molecule has 41 heavy (non-hydrogen) atoms. The fraction of sp³-hybridized carbons (Fsp3) is 0.147. The van der Waals surface area contributed by atoms with Crippen LogP contribution in [0.5, 0.6) is 0 Å². The Morgan fingerprint density at radius 2 is 1.37 bits per heavy atom. The third kappa shape index (κ3) is 3.66. The van der Waals surface area contributed by atoms with E-state index in [0.717, 1.165) is 16.8 Å². The van der Waals surface area contributed by atoms with Gasteiger partial charge in [-0.1, -0.05) is 65.7 Å². The number of benzene rings is 4. The molecule has 202 valence electrons. The summed E-state index contributed by atoms with van der Waals surface area (Å²) in [6, 6.07) is 27.0. The lowest BCUT2D eigenvalue weighted by molar-refractivity contribution is -0.121. The largest absolute Gasteiger partial charge is 0.352 e. The van der Waals surface area contributed by atoms with Gasteiger partial charge in [0.15, 0.2) is 11.6 Å². The van der Waals surface area contributed by atoms with E-state index in [-0.39, 0.29) is 17.5 Å². The number of Topliss-reactive ketones (excluding diaryl/α,β-unsaturated/α-hetero) is 2. The average Bonchev–Trinajstić information content (AvgIpc) is 3.45. The molecule has 1 amide bonds. The Bertz CT molecular complexity index is 1780. The Morgan fingerprint density at radius 3 is 2.05 bits per heavy atom. The topological polar surface area (TPSA) is 66.5 Å². The van der Waals surface area contributed by atoms with E-state index in [1.54, 1.807) is 48.5 Å². The second-order valence-electron chi connectivity index (χ2n) is 10.8. The first-order valence-electron chi connectivity index (χ1n) is 13.4. The number of carbonyl (C=O) groups excluding carboxylic acids is 3. The molecule has 7 rings (SSSR count). The van der Waals surface area contributed by atoms with E-state index in [4.69, 9.17) is 23.2 Å². The lowest BCUT2D eigenvalue weighted by Crippen LogP contribution is -2.51. The van der Waals surface area contributed by atoms with Gasteiger partial charge in [0.2, 0.25) is 5.91 Å². The van der Waals surface area contributed by atoms with E-state index in [2.05, 4.69) is 5.32 Å². The minimum atomic E-state index is -1.37. The van der Waals surface area contributed by atoms with Gasteiger partial charge in [0.05, 0.1) is 12.0 Å². The summed E-state index contributed by atoms with van der Waals surface area (Å²) in [6.45, 7) is 2.01. The molecule has 0 saturated carbocycles. The first-order chi connectivity index (χ1) is 19.8. The van der Waals surface area contributed by atoms with Crippen molar-refractivity contribution in [3.05, 3.63) is 135 Å². The van der Waals surface area contributed by atoms with Gasteiger partial charge in [-0.2, -0.15) is 0 Å². The zero-order chi connectivity index (χ0) is 28.5. The number of hydrogen-bond donors (Lipinski definition) is 1. The van der Waals surface area contributed by atoms with Gasteiger partial charge in [-0.05, 0) is 78.7 Å². The highest BCUT2D eigenvalue weighted by molar-refractivity contribution is 6.31. The molecule has 7 heteroatoms. The van der Waals surface area contributed by atoms with Crippen molar-refractivity contribution in [1.29, 1.82) is 0 Å². The standard InChI is InChI=1S/C34H24Cl2N2O3/c1-19-18-28-34(25-7-3-4-8-26(25)37-33(34)41)29(31(39)20-10-14-22(35)15-11-20)30(32(40)21-12-16-23(36)17-13-21)38(28)27-9-5-2-6-24(19)27/h2-18,28-30H,1H3,(H,37,41)/t28-,29+,30-,34+/m0/s1. The summed E-state index contributed by atoms with van der Waals surface area (Å²) >= 11 is 12.3. The summed E-state index contributed by atoms with van der Waals surface area (Å²) in [5.41, 5.74) is 3.55. The Hall–Kier alpha value is -4.19. The van der Waals surface area contributed by atoms with Crippen molar-refractivity contribution in [2.75, 3.05) is 10.2 Å². The third-order valence-electron chi connectivity index (χ3n) is 8.69. The van der Waals surface area contributed by atoms with Gasteiger partial charge in [0.1, 0.15) is 11.5 Å². The maximum absolute atomic E-state index is 14.8. The quantitative estimate of drug-likeness (QED) is 0.259. The van der Waals surface area contributed by atoms with Gasteiger partial charge >= 0.3 is 0 Å². The summed E-state index contributed by atoms with van der Waals surface area (Å²) in [4.78, 5) is 45.8. The molecule has 0 aromatic heterocycles. The third-order valence-corrected chi connectivity index (χ3v) is 9.20. The van der Waals surface area contributed by atoms with E-state index in [9.17, 15) is 14.4 Å². The molecule has 0 aliphatic carbocycles. The van der Waals surface area contributed by atoms with Gasteiger partial charge in [-0.25, -0.2) is 0 Å². The average molecular weight is 579 g/mol. The molecular weight excluding hydrogens is 555 g/mol. The molecule has 4 atom stereocenters. The van der Waals surface area contributed by atoms with Gasteiger partial charge in [0.25, 0.3) is 0 Å². The summed E-state index contributed by atoms with van der Waals surface area (Å²) < 4.78 is 0. The van der Waals surface area contributed by atoms with Crippen LogP contribution in [0.15, 0.2) is 103 Å². The van der Waals surface area contributed by atoms with E-state index in [0.29, 0.717) is 32.4 Å². The Labute approximate surface area is 247 Å². The molecule has 0 bridgehead atoms. The molecular formula is C34H24Cl2N2O3. The van der Waals surface area contributed by atoms with Gasteiger partial charge < -0.3 is 10.2 Å². The maximum Gasteiger partial charge on any atom is 0.238 e. The van der Waals surface area contributed by atoms with E-state index < -0.39 is 23.4 Å². The van der Waals surface area contributed by atoms with Crippen molar-refractivity contribution in [2.24, 2.45) is 5.92 Å². The molecule has 0 unspecified atom stereocenters. The minimum Gasteiger partial charge on any atom is -0.352 e. The SMILES string of the molecule is CC1=C[C@@H]2N(c3ccccc31)[C@H](C(=O)c1ccc(Cl)cc1)[C@H](C(=O)c1ccc(Cl)cc1)[C@]21C(=O)Nc2ccccc21. The van der Waals surface area contributed by atoms with Crippen LogP contribution in [0.1, 0.15) is 38.8 Å². The van der Waals surface area contributed by atoms with Crippen molar-refractivity contribution in [1.82, 2.24) is 0 Å². The van der Waals surface area contributed by atoms with Crippen LogP contribution in [-0.4, -0.2) is 29.6 Å². The highest BCUT2D eigenvalue weighted by atomic mass is 35.5. The second kappa shape index (κ2) is 9.44. The molecule has 3 aliphatic rings. The van der Waals surface area contributed by atoms with Crippen molar-refractivity contribution in [3.8, 4) is 0 Å². The number of para-hydroxylation sites is 2. The van der Waals surface area contributed by atoms with Crippen LogP contribution in [0.25, 0.3) is 5.57 Å². The number of fused-ring (bicyclic) bond motifs is 6. The molecule has 3 aliphatic heterocycles. The number of nitrogens with zero attached hydrogens (tertiary/aromatic N) is 1. The zero-order valence-electron chi connectivity index (χ0n) is 22.0. The van der Waals surface area contributed by atoms with Crippen LogP contribution >= 0.6 is 23.2 Å². The first-order valence-corrected chi connectivity index (χ1v) is 14.1. The molecule has 1 fully saturated rings. The summed E-state index contributed by atoms with van der Waals surface area (Å²) in [6.07, 6.45) is 2.04. The molecule has 4 aromatic rings. The molecule has 0 radical (unpaired) electrons. The molecule has 4 aromatic carbocycles. The van der Waals surface area contributed by atoms with Crippen LogP contribution in [0.3, 0.4) is 0 Å². The predicted octanol–water partition coefficient (Wildman–Crippen LogP) is 7.24. The summed E-state index contributed by atoms with van der Waals surface area (Å²) in [5.74, 6) is -1.89.